The fourth-order valence-electron chi connectivity index (χ4n) is 2.64. The summed E-state index contributed by atoms with van der Waals surface area (Å²) in [4.78, 5) is 12.5. The third kappa shape index (κ3) is 5.41. The molecular weight excluding hydrogens is 397 g/mol. The predicted molar refractivity (Wildman–Crippen MR) is 111 cm³/mol. The lowest BCUT2D eigenvalue weighted by atomic mass is 10.1. The van der Waals surface area contributed by atoms with Gasteiger partial charge < -0.3 is 14.8 Å². The SMILES string of the molecule is COc1ccc(C(=O)NCc2ccc(Cl)cc2)cc1COc1cccc(Cl)c1. The molecule has 0 aliphatic carbocycles. The van der Waals surface area contributed by atoms with Gasteiger partial charge in [0.2, 0.25) is 0 Å². The smallest absolute Gasteiger partial charge is 0.251 e. The lowest BCUT2D eigenvalue weighted by Gasteiger charge is -2.13. The molecule has 0 saturated carbocycles. The van der Waals surface area contributed by atoms with Crippen molar-refractivity contribution < 1.29 is 14.3 Å². The van der Waals surface area contributed by atoms with Crippen LogP contribution in [-0.4, -0.2) is 13.0 Å². The first kappa shape index (κ1) is 20.1. The summed E-state index contributed by atoms with van der Waals surface area (Å²) in [5.41, 5.74) is 2.26. The van der Waals surface area contributed by atoms with E-state index in [1.54, 1.807) is 49.6 Å². The van der Waals surface area contributed by atoms with E-state index in [1.165, 1.54) is 0 Å². The zero-order valence-corrected chi connectivity index (χ0v) is 16.8. The monoisotopic (exact) mass is 415 g/mol. The number of carbonyl (C=O) groups is 1. The molecule has 0 saturated heterocycles. The third-order valence-corrected chi connectivity index (χ3v) is 4.59. The van der Waals surface area contributed by atoms with Crippen LogP contribution < -0.4 is 14.8 Å². The van der Waals surface area contributed by atoms with E-state index in [4.69, 9.17) is 32.7 Å². The van der Waals surface area contributed by atoms with Crippen molar-refractivity contribution in [1.29, 1.82) is 0 Å². The Balaban J connectivity index is 1.68. The highest BCUT2D eigenvalue weighted by Crippen LogP contribution is 2.24. The second kappa shape index (κ2) is 9.49. The van der Waals surface area contributed by atoms with Crippen LogP contribution in [0.4, 0.5) is 0 Å². The minimum Gasteiger partial charge on any atom is -0.496 e. The topological polar surface area (TPSA) is 47.6 Å². The van der Waals surface area contributed by atoms with Crippen LogP contribution in [0, 0.1) is 0 Å². The fraction of sp³-hybridized carbons (Fsp3) is 0.136. The molecule has 1 N–H and O–H groups in total. The molecule has 0 aliphatic rings. The maximum atomic E-state index is 12.5. The summed E-state index contributed by atoms with van der Waals surface area (Å²) in [6.45, 7) is 0.665. The highest BCUT2D eigenvalue weighted by molar-refractivity contribution is 6.30. The normalized spacial score (nSPS) is 10.4. The van der Waals surface area contributed by atoms with Gasteiger partial charge in [-0.05, 0) is 54.1 Å². The predicted octanol–water partition coefficient (Wildman–Crippen LogP) is 5.51. The van der Waals surface area contributed by atoms with Gasteiger partial charge in [-0.1, -0.05) is 41.4 Å². The first-order valence-corrected chi connectivity index (χ1v) is 9.38. The van der Waals surface area contributed by atoms with Gasteiger partial charge in [-0.25, -0.2) is 0 Å². The Morgan fingerprint density at radius 2 is 1.75 bits per heavy atom. The molecule has 0 heterocycles. The number of rotatable bonds is 7. The molecule has 0 unspecified atom stereocenters. The van der Waals surface area contributed by atoms with Crippen molar-refractivity contribution in [3.05, 3.63) is 93.5 Å². The molecule has 144 valence electrons. The molecular formula is C22H19Cl2NO3. The van der Waals surface area contributed by atoms with Crippen LogP contribution in [0.2, 0.25) is 10.0 Å². The first-order chi connectivity index (χ1) is 13.5. The standard InChI is InChI=1S/C22H19Cl2NO3/c1-27-21-10-7-16(22(26)25-13-15-5-8-18(23)9-6-15)11-17(21)14-28-20-4-2-3-19(24)12-20/h2-12H,13-14H2,1H3,(H,25,26). The molecule has 0 radical (unpaired) electrons. The largest absolute Gasteiger partial charge is 0.496 e. The number of methoxy groups -OCH3 is 1. The van der Waals surface area contributed by atoms with Gasteiger partial charge in [0.25, 0.3) is 5.91 Å². The van der Waals surface area contributed by atoms with Crippen LogP contribution in [0.25, 0.3) is 0 Å². The molecule has 0 atom stereocenters. The van der Waals surface area contributed by atoms with Crippen molar-refractivity contribution in [3.8, 4) is 11.5 Å². The van der Waals surface area contributed by atoms with Crippen molar-refractivity contribution in [2.45, 2.75) is 13.2 Å². The van der Waals surface area contributed by atoms with Crippen LogP contribution in [-0.2, 0) is 13.2 Å². The van der Waals surface area contributed by atoms with Crippen LogP contribution in [0.1, 0.15) is 21.5 Å². The Morgan fingerprint density at radius 3 is 2.46 bits per heavy atom. The van der Waals surface area contributed by atoms with E-state index in [0.717, 1.165) is 11.1 Å². The van der Waals surface area contributed by atoms with E-state index in [2.05, 4.69) is 5.32 Å². The van der Waals surface area contributed by atoms with Gasteiger partial charge in [0.15, 0.2) is 0 Å². The maximum absolute atomic E-state index is 12.5. The zero-order chi connectivity index (χ0) is 19.9. The van der Waals surface area contributed by atoms with Gasteiger partial charge in [0.05, 0.1) is 7.11 Å². The molecule has 0 aliphatic heterocycles. The van der Waals surface area contributed by atoms with Crippen LogP contribution in [0.5, 0.6) is 11.5 Å². The number of halogens is 2. The molecule has 3 aromatic carbocycles. The van der Waals surface area contributed by atoms with E-state index < -0.39 is 0 Å². The molecule has 0 spiro atoms. The Bertz CT molecular complexity index is 958. The maximum Gasteiger partial charge on any atom is 0.251 e. The van der Waals surface area contributed by atoms with Crippen molar-refractivity contribution in [3.63, 3.8) is 0 Å². The fourth-order valence-corrected chi connectivity index (χ4v) is 2.94. The van der Waals surface area contributed by atoms with E-state index in [0.29, 0.717) is 33.7 Å². The molecule has 3 rings (SSSR count). The minimum absolute atomic E-state index is 0.179. The van der Waals surface area contributed by atoms with Gasteiger partial charge in [-0.2, -0.15) is 0 Å². The lowest BCUT2D eigenvalue weighted by Crippen LogP contribution is -2.23. The second-order valence-corrected chi connectivity index (χ2v) is 6.95. The number of hydrogen-bond donors (Lipinski definition) is 1. The second-order valence-electron chi connectivity index (χ2n) is 6.08. The average molecular weight is 416 g/mol. The zero-order valence-electron chi connectivity index (χ0n) is 15.2. The van der Waals surface area contributed by atoms with Gasteiger partial charge in [0.1, 0.15) is 18.1 Å². The molecule has 0 bridgehead atoms. The summed E-state index contributed by atoms with van der Waals surface area (Å²) in [7, 11) is 1.58. The number of hydrogen-bond acceptors (Lipinski definition) is 3. The molecule has 4 nitrogen and oxygen atoms in total. The molecule has 28 heavy (non-hydrogen) atoms. The van der Waals surface area contributed by atoms with E-state index in [-0.39, 0.29) is 12.5 Å². The van der Waals surface area contributed by atoms with Gasteiger partial charge in [-0.15, -0.1) is 0 Å². The van der Waals surface area contributed by atoms with Gasteiger partial charge in [-0.3, -0.25) is 4.79 Å². The average Bonchev–Trinajstić information content (AvgIpc) is 2.71. The molecule has 1 amide bonds. The van der Waals surface area contributed by atoms with Crippen LogP contribution >= 0.6 is 23.2 Å². The summed E-state index contributed by atoms with van der Waals surface area (Å²) in [5.74, 6) is 1.12. The Kier molecular flexibility index (Phi) is 6.80. The number of carbonyl (C=O) groups excluding carboxylic acids is 1. The molecule has 3 aromatic rings. The van der Waals surface area contributed by atoms with Gasteiger partial charge >= 0.3 is 0 Å². The number of benzene rings is 3. The van der Waals surface area contributed by atoms with Gasteiger partial charge in [0, 0.05) is 27.7 Å². The molecule has 0 fully saturated rings. The van der Waals surface area contributed by atoms with E-state index in [1.807, 2.05) is 24.3 Å². The highest BCUT2D eigenvalue weighted by Gasteiger charge is 2.11. The summed E-state index contributed by atoms with van der Waals surface area (Å²) in [5, 5.41) is 4.16. The van der Waals surface area contributed by atoms with Crippen LogP contribution in [0.15, 0.2) is 66.7 Å². The van der Waals surface area contributed by atoms with Crippen molar-refractivity contribution >= 4 is 29.1 Å². The third-order valence-electron chi connectivity index (χ3n) is 4.10. The van der Waals surface area contributed by atoms with E-state index >= 15 is 0 Å². The molecule has 6 heteroatoms. The quantitative estimate of drug-likeness (QED) is 0.553. The Morgan fingerprint density at radius 1 is 0.964 bits per heavy atom. The summed E-state index contributed by atoms with van der Waals surface area (Å²) in [6.07, 6.45) is 0. The number of nitrogens with one attached hydrogen (secondary N) is 1. The van der Waals surface area contributed by atoms with Crippen molar-refractivity contribution in [2.75, 3.05) is 7.11 Å². The lowest BCUT2D eigenvalue weighted by molar-refractivity contribution is 0.0950. The summed E-state index contributed by atoms with van der Waals surface area (Å²) < 4.78 is 11.2. The number of amides is 1. The Labute approximate surface area is 174 Å². The molecule has 0 aromatic heterocycles. The minimum atomic E-state index is -0.179. The number of ether oxygens (including phenoxy) is 2. The highest BCUT2D eigenvalue weighted by atomic mass is 35.5. The summed E-state index contributed by atoms with van der Waals surface area (Å²) >= 11 is 11.9. The van der Waals surface area contributed by atoms with Crippen LogP contribution in [0.3, 0.4) is 0 Å². The van der Waals surface area contributed by atoms with Crippen molar-refractivity contribution in [1.82, 2.24) is 5.32 Å². The van der Waals surface area contributed by atoms with E-state index in [9.17, 15) is 4.79 Å². The first-order valence-electron chi connectivity index (χ1n) is 8.63. The summed E-state index contributed by atoms with van der Waals surface area (Å²) in [6, 6.07) is 19.7. The van der Waals surface area contributed by atoms with Crippen molar-refractivity contribution in [2.24, 2.45) is 0 Å². The Hall–Kier alpha value is -2.69.